The zero-order valence-electron chi connectivity index (χ0n) is 11.7. The molecule has 116 valence electrons. The van der Waals surface area contributed by atoms with E-state index in [1.165, 1.54) is 6.20 Å². The summed E-state index contributed by atoms with van der Waals surface area (Å²) in [5.41, 5.74) is -0.810. The quantitative estimate of drug-likeness (QED) is 0.641. The predicted octanol–water partition coefficient (Wildman–Crippen LogP) is 3.44. The third-order valence-corrected chi connectivity index (χ3v) is 3.93. The molecule has 2 aromatic rings. The summed E-state index contributed by atoms with van der Waals surface area (Å²) in [5.74, 6) is -3.21. The van der Waals surface area contributed by atoms with Crippen molar-refractivity contribution in [2.24, 2.45) is 0 Å². The first-order chi connectivity index (χ1) is 10.5. The summed E-state index contributed by atoms with van der Waals surface area (Å²) in [4.78, 5) is 24.3. The first-order valence-electron chi connectivity index (χ1n) is 6.85. The van der Waals surface area contributed by atoms with Crippen molar-refractivity contribution in [2.45, 2.75) is 25.8 Å². The third kappa shape index (κ3) is 2.27. The van der Waals surface area contributed by atoms with E-state index in [9.17, 15) is 18.4 Å². The van der Waals surface area contributed by atoms with Crippen molar-refractivity contribution in [3.8, 4) is 0 Å². The number of pyridine rings is 1. The van der Waals surface area contributed by atoms with Crippen LogP contribution in [-0.2, 0) is 4.74 Å². The number of nitrogens with zero attached hydrogens (tertiary/aromatic N) is 1. The maximum Gasteiger partial charge on any atom is 0.343 e. The Morgan fingerprint density at radius 3 is 2.73 bits per heavy atom. The maximum atomic E-state index is 13.7. The molecule has 1 aliphatic rings. The average Bonchev–Trinajstić information content (AvgIpc) is 3.30. The second-order valence-corrected chi connectivity index (χ2v) is 5.49. The molecule has 1 heterocycles. The molecule has 0 N–H and O–H groups in total. The molecule has 1 fully saturated rings. The van der Waals surface area contributed by atoms with Gasteiger partial charge in [-0.3, -0.25) is 4.79 Å². The Morgan fingerprint density at radius 1 is 1.45 bits per heavy atom. The second-order valence-electron chi connectivity index (χ2n) is 5.11. The van der Waals surface area contributed by atoms with Crippen LogP contribution in [0.2, 0.25) is 5.02 Å². The number of hydrogen-bond acceptors (Lipinski definition) is 3. The van der Waals surface area contributed by atoms with Crippen LogP contribution in [0.15, 0.2) is 17.1 Å². The molecular weight excluding hydrogens is 316 g/mol. The maximum absolute atomic E-state index is 13.7. The number of esters is 1. The number of ether oxygens (including phenoxy) is 1. The zero-order valence-corrected chi connectivity index (χ0v) is 12.4. The van der Waals surface area contributed by atoms with E-state index >= 15 is 0 Å². The lowest BCUT2D eigenvalue weighted by Crippen LogP contribution is -2.21. The Kier molecular flexibility index (Phi) is 3.64. The van der Waals surface area contributed by atoms with Gasteiger partial charge in [0.05, 0.1) is 17.5 Å². The molecule has 1 aromatic carbocycles. The van der Waals surface area contributed by atoms with Gasteiger partial charge in [-0.2, -0.15) is 0 Å². The van der Waals surface area contributed by atoms with Crippen LogP contribution in [0.5, 0.6) is 0 Å². The monoisotopic (exact) mass is 327 g/mol. The van der Waals surface area contributed by atoms with Crippen molar-refractivity contribution in [3.63, 3.8) is 0 Å². The number of halogens is 3. The lowest BCUT2D eigenvalue weighted by atomic mass is 10.1. The van der Waals surface area contributed by atoms with Gasteiger partial charge in [-0.25, -0.2) is 13.6 Å². The Balaban J connectivity index is 2.38. The molecule has 1 aromatic heterocycles. The minimum Gasteiger partial charge on any atom is -0.462 e. The average molecular weight is 328 g/mol. The molecule has 4 nitrogen and oxygen atoms in total. The summed E-state index contributed by atoms with van der Waals surface area (Å²) in [5, 5.41) is -0.573. The molecule has 0 spiro atoms. The predicted molar refractivity (Wildman–Crippen MR) is 77.4 cm³/mol. The molecular formula is C15H12ClF2NO3. The standard InChI is InChI=1S/C15H12ClF2NO3/c1-2-22-15(21)9-6-19(7-3-4-7)13-8(14(9)20)5-10(17)12(18)11(13)16/h5-7H,2-4H2,1H3. The summed E-state index contributed by atoms with van der Waals surface area (Å²) >= 11 is 5.88. The molecule has 0 aliphatic heterocycles. The van der Waals surface area contributed by atoms with Crippen molar-refractivity contribution >= 4 is 28.5 Å². The van der Waals surface area contributed by atoms with Gasteiger partial charge < -0.3 is 9.30 Å². The Morgan fingerprint density at radius 2 is 2.14 bits per heavy atom. The largest absolute Gasteiger partial charge is 0.462 e. The fourth-order valence-electron chi connectivity index (χ4n) is 2.41. The highest BCUT2D eigenvalue weighted by Gasteiger charge is 2.29. The van der Waals surface area contributed by atoms with Crippen LogP contribution in [0.25, 0.3) is 10.9 Å². The van der Waals surface area contributed by atoms with Crippen LogP contribution in [0.1, 0.15) is 36.2 Å². The lowest BCUT2D eigenvalue weighted by Gasteiger charge is -2.14. The van der Waals surface area contributed by atoms with Gasteiger partial charge in [0.2, 0.25) is 5.43 Å². The number of carbonyl (C=O) groups is 1. The van der Waals surface area contributed by atoms with E-state index in [0.29, 0.717) is 0 Å². The van der Waals surface area contributed by atoms with E-state index < -0.39 is 28.1 Å². The highest BCUT2D eigenvalue weighted by molar-refractivity contribution is 6.35. The Bertz CT molecular complexity index is 843. The normalized spacial score (nSPS) is 14.4. The van der Waals surface area contributed by atoms with Crippen molar-refractivity contribution in [1.29, 1.82) is 0 Å². The van der Waals surface area contributed by atoms with Gasteiger partial charge in [-0.15, -0.1) is 0 Å². The smallest absolute Gasteiger partial charge is 0.343 e. The first kappa shape index (κ1) is 15.0. The number of rotatable bonds is 3. The highest BCUT2D eigenvalue weighted by atomic mass is 35.5. The van der Waals surface area contributed by atoms with Crippen molar-refractivity contribution in [2.75, 3.05) is 6.61 Å². The van der Waals surface area contributed by atoms with E-state index in [1.54, 1.807) is 11.5 Å². The van der Waals surface area contributed by atoms with E-state index in [0.717, 1.165) is 18.9 Å². The third-order valence-electron chi connectivity index (χ3n) is 3.59. The summed E-state index contributed by atoms with van der Waals surface area (Å²) in [6.07, 6.45) is 2.95. The number of fused-ring (bicyclic) bond motifs is 1. The molecule has 0 bridgehead atoms. The molecule has 22 heavy (non-hydrogen) atoms. The minimum atomic E-state index is -1.22. The van der Waals surface area contributed by atoms with Gasteiger partial charge >= 0.3 is 5.97 Å². The van der Waals surface area contributed by atoms with Crippen molar-refractivity contribution < 1.29 is 18.3 Å². The van der Waals surface area contributed by atoms with Crippen LogP contribution in [0, 0.1) is 11.6 Å². The zero-order chi connectivity index (χ0) is 16.0. The summed E-state index contributed by atoms with van der Waals surface area (Å²) in [6, 6.07) is 0.791. The number of hydrogen-bond donors (Lipinski definition) is 0. The van der Waals surface area contributed by atoms with E-state index in [2.05, 4.69) is 0 Å². The van der Waals surface area contributed by atoms with Gasteiger partial charge in [0, 0.05) is 12.2 Å². The van der Waals surface area contributed by atoms with E-state index in [-0.39, 0.29) is 29.1 Å². The lowest BCUT2D eigenvalue weighted by molar-refractivity contribution is 0.0524. The molecule has 0 radical (unpaired) electrons. The number of benzene rings is 1. The fourth-order valence-corrected chi connectivity index (χ4v) is 2.70. The molecule has 3 rings (SSSR count). The fraction of sp³-hybridized carbons (Fsp3) is 0.333. The molecule has 0 unspecified atom stereocenters. The summed E-state index contributed by atoms with van der Waals surface area (Å²) in [7, 11) is 0. The van der Waals surface area contributed by atoms with Gasteiger partial charge in [0.25, 0.3) is 0 Å². The van der Waals surface area contributed by atoms with Gasteiger partial charge in [0.1, 0.15) is 10.6 Å². The van der Waals surface area contributed by atoms with Crippen LogP contribution in [0.3, 0.4) is 0 Å². The minimum absolute atomic E-state index is 0.0126. The number of carbonyl (C=O) groups excluding carboxylic acids is 1. The van der Waals surface area contributed by atoms with Crippen LogP contribution in [0.4, 0.5) is 8.78 Å². The van der Waals surface area contributed by atoms with E-state index in [4.69, 9.17) is 16.3 Å². The van der Waals surface area contributed by atoms with Crippen molar-refractivity contribution in [1.82, 2.24) is 4.57 Å². The molecule has 0 amide bonds. The van der Waals surface area contributed by atoms with Crippen molar-refractivity contribution in [3.05, 3.63) is 44.7 Å². The Hall–Kier alpha value is -1.95. The first-order valence-corrected chi connectivity index (χ1v) is 7.23. The SMILES string of the molecule is CCOC(=O)c1cn(C2CC2)c2c(Cl)c(F)c(F)cc2c1=O. The topological polar surface area (TPSA) is 48.3 Å². The van der Waals surface area contributed by atoms with Gasteiger partial charge in [-0.1, -0.05) is 11.6 Å². The summed E-state index contributed by atoms with van der Waals surface area (Å²) in [6.45, 7) is 1.72. The molecule has 0 atom stereocenters. The molecule has 7 heteroatoms. The van der Waals surface area contributed by atoms with Gasteiger partial charge in [0.15, 0.2) is 11.6 Å². The van der Waals surface area contributed by atoms with E-state index in [1.807, 2.05) is 0 Å². The highest BCUT2D eigenvalue weighted by Crippen LogP contribution is 2.39. The van der Waals surface area contributed by atoms with Gasteiger partial charge in [-0.05, 0) is 25.8 Å². The van der Waals surface area contributed by atoms with Crippen LogP contribution in [-0.4, -0.2) is 17.1 Å². The molecule has 0 saturated heterocycles. The molecule has 1 saturated carbocycles. The van der Waals surface area contributed by atoms with Crippen LogP contribution >= 0.6 is 11.6 Å². The molecule has 1 aliphatic carbocycles. The number of aromatic nitrogens is 1. The Labute approximate surface area is 129 Å². The second kappa shape index (κ2) is 5.35. The summed E-state index contributed by atoms with van der Waals surface area (Å²) < 4.78 is 33.7. The van der Waals surface area contributed by atoms with Crippen LogP contribution < -0.4 is 5.43 Å².